The first-order valence-corrected chi connectivity index (χ1v) is 9.19. The number of nitrogens with one attached hydrogen (secondary N) is 3. The number of carbonyl (C=O) groups is 2. The number of methoxy groups -OCH3 is 1. The standard InChI is InChI=1S/C22H19N3O3S/c1-28-19-12-5-9-16(13-19)21(27)25-22(29)24-18-11-6-10-17(14-18)23-20(26)15-7-3-2-4-8-15/h2-14H,1H3,(H,23,26)(H2,24,25,27,29). The van der Waals surface area contributed by atoms with Crippen LogP contribution in [-0.4, -0.2) is 24.0 Å². The molecule has 0 radical (unpaired) electrons. The Labute approximate surface area is 173 Å². The summed E-state index contributed by atoms with van der Waals surface area (Å²) in [6.45, 7) is 0. The predicted octanol–water partition coefficient (Wildman–Crippen LogP) is 4.07. The van der Waals surface area contributed by atoms with Crippen molar-refractivity contribution in [3.63, 3.8) is 0 Å². The van der Waals surface area contributed by atoms with Gasteiger partial charge >= 0.3 is 0 Å². The molecule has 0 saturated carbocycles. The molecule has 0 aliphatic heterocycles. The van der Waals surface area contributed by atoms with Gasteiger partial charge in [-0.2, -0.15) is 0 Å². The Kier molecular flexibility index (Phi) is 6.55. The topological polar surface area (TPSA) is 79.5 Å². The van der Waals surface area contributed by atoms with E-state index in [-0.39, 0.29) is 16.9 Å². The molecule has 0 aromatic heterocycles. The van der Waals surface area contributed by atoms with Crippen LogP contribution < -0.4 is 20.7 Å². The molecular weight excluding hydrogens is 386 g/mol. The van der Waals surface area contributed by atoms with Crippen LogP contribution in [0.4, 0.5) is 11.4 Å². The summed E-state index contributed by atoms with van der Waals surface area (Å²) in [5, 5.41) is 8.53. The monoisotopic (exact) mass is 405 g/mol. The lowest BCUT2D eigenvalue weighted by Crippen LogP contribution is -2.34. The van der Waals surface area contributed by atoms with Crippen molar-refractivity contribution < 1.29 is 14.3 Å². The predicted molar refractivity (Wildman–Crippen MR) is 118 cm³/mol. The molecule has 146 valence electrons. The van der Waals surface area contributed by atoms with E-state index in [1.54, 1.807) is 72.8 Å². The number of benzene rings is 3. The zero-order valence-electron chi connectivity index (χ0n) is 15.6. The molecule has 0 saturated heterocycles. The van der Waals surface area contributed by atoms with Gasteiger partial charge in [0.05, 0.1) is 7.11 Å². The van der Waals surface area contributed by atoms with E-state index in [0.717, 1.165) is 0 Å². The van der Waals surface area contributed by atoms with Crippen LogP contribution in [0, 0.1) is 0 Å². The summed E-state index contributed by atoms with van der Waals surface area (Å²) in [5.41, 5.74) is 2.22. The molecule has 0 heterocycles. The highest BCUT2D eigenvalue weighted by atomic mass is 32.1. The summed E-state index contributed by atoms with van der Waals surface area (Å²) in [6, 6.07) is 22.7. The van der Waals surface area contributed by atoms with E-state index in [0.29, 0.717) is 28.3 Å². The molecule has 0 spiro atoms. The Bertz CT molecular complexity index is 1040. The van der Waals surface area contributed by atoms with E-state index in [1.165, 1.54) is 7.11 Å². The first-order chi connectivity index (χ1) is 14.0. The fraction of sp³-hybridized carbons (Fsp3) is 0.0455. The number of hydrogen-bond donors (Lipinski definition) is 3. The van der Waals surface area contributed by atoms with Crippen LogP contribution in [0.1, 0.15) is 20.7 Å². The number of amides is 2. The molecular formula is C22H19N3O3S. The Balaban J connectivity index is 1.61. The van der Waals surface area contributed by atoms with Crippen molar-refractivity contribution in [2.45, 2.75) is 0 Å². The number of anilines is 2. The highest BCUT2D eigenvalue weighted by Crippen LogP contribution is 2.17. The summed E-state index contributed by atoms with van der Waals surface area (Å²) in [7, 11) is 1.53. The first-order valence-electron chi connectivity index (χ1n) is 8.78. The van der Waals surface area contributed by atoms with Gasteiger partial charge in [-0.15, -0.1) is 0 Å². The van der Waals surface area contributed by atoms with Gasteiger partial charge in [-0.1, -0.05) is 30.3 Å². The molecule has 0 aliphatic carbocycles. The van der Waals surface area contributed by atoms with E-state index < -0.39 is 0 Å². The first kappa shape index (κ1) is 20.0. The second-order valence-electron chi connectivity index (χ2n) is 6.04. The Morgan fingerprint density at radius 3 is 2.14 bits per heavy atom. The zero-order valence-corrected chi connectivity index (χ0v) is 16.5. The van der Waals surface area contributed by atoms with Gasteiger partial charge < -0.3 is 15.4 Å². The molecule has 3 N–H and O–H groups in total. The van der Waals surface area contributed by atoms with E-state index in [1.807, 2.05) is 6.07 Å². The number of carbonyl (C=O) groups excluding carboxylic acids is 2. The molecule has 2 amide bonds. The number of thiocarbonyl (C=S) groups is 1. The van der Waals surface area contributed by atoms with Gasteiger partial charge in [0.2, 0.25) is 0 Å². The molecule has 3 rings (SSSR count). The molecule has 7 heteroatoms. The minimum Gasteiger partial charge on any atom is -0.497 e. The summed E-state index contributed by atoms with van der Waals surface area (Å²) in [6.07, 6.45) is 0. The third-order valence-electron chi connectivity index (χ3n) is 3.97. The Morgan fingerprint density at radius 1 is 0.759 bits per heavy atom. The summed E-state index contributed by atoms with van der Waals surface area (Å²) in [5.74, 6) is 0.0185. The minimum atomic E-state index is -0.352. The second kappa shape index (κ2) is 9.48. The molecule has 0 fully saturated rings. The second-order valence-corrected chi connectivity index (χ2v) is 6.45. The van der Waals surface area contributed by atoms with E-state index in [9.17, 15) is 9.59 Å². The van der Waals surface area contributed by atoms with Gasteiger partial charge in [0, 0.05) is 22.5 Å². The lowest BCUT2D eigenvalue weighted by atomic mass is 10.2. The summed E-state index contributed by atoms with van der Waals surface area (Å²) >= 11 is 5.22. The van der Waals surface area contributed by atoms with Crippen LogP contribution >= 0.6 is 12.2 Å². The van der Waals surface area contributed by atoms with Gasteiger partial charge in [-0.05, 0) is 60.7 Å². The van der Waals surface area contributed by atoms with Crippen LogP contribution in [0.15, 0.2) is 78.9 Å². The van der Waals surface area contributed by atoms with Crippen molar-refractivity contribution in [3.05, 3.63) is 90.0 Å². The average Bonchev–Trinajstić information content (AvgIpc) is 2.74. The lowest BCUT2D eigenvalue weighted by Gasteiger charge is -2.12. The normalized spacial score (nSPS) is 9.97. The van der Waals surface area contributed by atoms with Crippen LogP contribution in [0.25, 0.3) is 0 Å². The van der Waals surface area contributed by atoms with Crippen LogP contribution in [0.5, 0.6) is 5.75 Å². The largest absolute Gasteiger partial charge is 0.497 e. The van der Waals surface area contributed by atoms with Gasteiger partial charge in [-0.3, -0.25) is 14.9 Å². The molecule has 0 bridgehead atoms. The van der Waals surface area contributed by atoms with Gasteiger partial charge in [0.15, 0.2) is 5.11 Å². The molecule has 6 nitrogen and oxygen atoms in total. The van der Waals surface area contributed by atoms with Crippen LogP contribution in [0.2, 0.25) is 0 Å². The van der Waals surface area contributed by atoms with Crippen LogP contribution in [-0.2, 0) is 0 Å². The fourth-order valence-electron chi connectivity index (χ4n) is 2.57. The quantitative estimate of drug-likeness (QED) is 0.558. The molecule has 0 aliphatic rings. The van der Waals surface area contributed by atoms with Gasteiger partial charge in [-0.25, -0.2) is 0 Å². The zero-order chi connectivity index (χ0) is 20.6. The molecule has 3 aromatic carbocycles. The molecule has 0 unspecified atom stereocenters. The van der Waals surface area contributed by atoms with Crippen molar-refractivity contribution in [2.24, 2.45) is 0 Å². The molecule has 29 heavy (non-hydrogen) atoms. The summed E-state index contributed by atoms with van der Waals surface area (Å²) in [4.78, 5) is 24.6. The highest BCUT2D eigenvalue weighted by molar-refractivity contribution is 7.80. The SMILES string of the molecule is COc1cccc(C(=O)NC(=S)Nc2cccc(NC(=O)c3ccccc3)c2)c1. The van der Waals surface area contributed by atoms with Gasteiger partial charge in [0.25, 0.3) is 11.8 Å². The fourth-order valence-corrected chi connectivity index (χ4v) is 2.78. The number of rotatable bonds is 5. The van der Waals surface area contributed by atoms with Crippen molar-refractivity contribution in [3.8, 4) is 5.75 Å². The van der Waals surface area contributed by atoms with Gasteiger partial charge in [0.1, 0.15) is 5.75 Å². The van der Waals surface area contributed by atoms with Crippen molar-refractivity contribution in [1.29, 1.82) is 0 Å². The van der Waals surface area contributed by atoms with E-state index in [2.05, 4.69) is 16.0 Å². The van der Waals surface area contributed by atoms with E-state index in [4.69, 9.17) is 17.0 Å². The van der Waals surface area contributed by atoms with E-state index >= 15 is 0 Å². The lowest BCUT2D eigenvalue weighted by molar-refractivity contribution is 0.0976. The maximum Gasteiger partial charge on any atom is 0.257 e. The third-order valence-corrected chi connectivity index (χ3v) is 4.18. The van der Waals surface area contributed by atoms with Crippen molar-refractivity contribution >= 4 is 40.5 Å². The molecule has 3 aromatic rings. The Morgan fingerprint density at radius 2 is 1.41 bits per heavy atom. The van der Waals surface area contributed by atoms with Crippen LogP contribution in [0.3, 0.4) is 0 Å². The maximum atomic E-state index is 12.3. The number of hydrogen-bond acceptors (Lipinski definition) is 4. The highest BCUT2D eigenvalue weighted by Gasteiger charge is 2.10. The average molecular weight is 405 g/mol. The maximum absolute atomic E-state index is 12.3. The minimum absolute atomic E-state index is 0.143. The van der Waals surface area contributed by atoms with Crippen molar-refractivity contribution in [2.75, 3.05) is 17.7 Å². The Hall–Kier alpha value is -3.71. The molecule has 0 atom stereocenters. The third kappa shape index (κ3) is 5.63. The smallest absolute Gasteiger partial charge is 0.257 e. The summed E-state index contributed by atoms with van der Waals surface area (Å²) < 4.78 is 5.12. The number of ether oxygens (including phenoxy) is 1. The van der Waals surface area contributed by atoms with Crippen molar-refractivity contribution in [1.82, 2.24) is 5.32 Å².